The van der Waals surface area contributed by atoms with Crippen molar-refractivity contribution in [3.8, 4) is 5.88 Å². The Morgan fingerprint density at radius 2 is 2.15 bits per heavy atom. The van der Waals surface area contributed by atoms with E-state index in [1.54, 1.807) is 13.1 Å². The number of pyridine rings is 1. The average molecular weight is 404 g/mol. The summed E-state index contributed by atoms with van der Waals surface area (Å²) in [6, 6.07) is 5.03. The van der Waals surface area contributed by atoms with Gasteiger partial charge in [0.1, 0.15) is 0 Å². The molecule has 0 aliphatic carbocycles. The first-order chi connectivity index (χ1) is 12.7. The van der Waals surface area contributed by atoms with Crippen LogP contribution in [0.5, 0.6) is 5.88 Å². The van der Waals surface area contributed by atoms with E-state index in [1.807, 2.05) is 35.8 Å². The smallest absolute Gasteiger partial charge is 0.422 e. The zero-order chi connectivity index (χ0) is 20.0. The minimum absolute atomic E-state index is 0.0755. The number of aliphatic imine (C=N–C) groups is 1. The predicted molar refractivity (Wildman–Crippen MR) is 97.9 cm³/mol. The van der Waals surface area contributed by atoms with E-state index in [2.05, 4.69) is 20.0 Å². The summed E-state index contributed by atoms with van der Waals surface area (Å²) in [5, 5.41) is 3.82. The zero-order valence-corrected chi connectivity index (χ0v) is 16.0. The van der Waals surface area contributed by atoms with Crippen molar-refractivity contribution >= 4 is 17.6 Å². The first kappa shape index (κ1) is 20.9. The fourth-order valence-electron chi connectivity index (χ4n) is 2.40. The number of hydrogen-bond donors (Lipinski definition) is 1. The largest absolute Gasteiger partial charge is 0.468 e. The van der Waals surface area contributed by atoms with Crippen LogP contribution in [-0.4, -0.2) is 47.3 Å². The van der Waals surface area contributed by atoms with Gasteiger partial charge in [-0.05, 0) is 17.7 Å². The molecule has 2 aromatic rings. The minimum atomic E-state index is -4.40. The molecule has 0 radical (unpaired) electrons. The van der Waals surface area contributed by atoms with E-state index in [9.17, 15) is 13.2 Å². The number of nitrogens with zero attached hydrogens (tertiary/aromatic N) is 4. The van der Waals surface area contributed by atoms with Crippen LogP contribution in [-0.2, 0) is 20.1 Å². The Hall–Kier alpha value is -2.42. The first-order valence-electron chi connectivity index (χ1n) is 8.05. The molecule has 2 aromatic heterocycles. The molecule has 2 heterocycles. The Balaban J connectivity index is 1.94. The van der Waals surface area contributed by atoms with Gasteiger partial charge in [-0.25, -0.2) is 4.98 Å². The fraction of sp³-hybridized carbons (Fsp3) is 0.412. The Morgan fingerprint density at radius 1 is 1.41 bits per heavy atom. The molecular formula is C17H21ClF3N5O. The van der Waals surface area contributed by atoms with Gasteiger partial charge in [-0.2, -0.15) is 13.2 Å². The van der Waals surface area contributed by atoms with Crippen LogP contribution < -0.4 is 10.1 Å². The maximum Gasteiger partial charge on any atom is 0.422 e. The molecule has 10 heteroatoms. The van der Waals surface area contributed by atoms with Crippen LogP contribution in [0, 0.1) is 0 Å². The van der Waals surface area contributed by atoms with E-state index >= 15 is 0 Å². The highest BCUT2D eigenvalue weighted by Gasteiger charge is 2.28. The maximum atomic E-state index is 12.2. The molecule has 0 aromatic carbocycles. The summed E-state index contributed by atoms with van der Waals surface area (Å²) < 4.78 is 43.3. The monoisotopic (exact) mass is 403 g/mol. The molecule has 0 bridgehead atoms. The Bertz CT molecular complexity index is 791. The molecule has 27 heavy (non-hydrogen) atoms. The summed E-state index contributed by atoms with van der Waals surface area (Å²) in [6.07, 6.45) is -1.18. The highest BCUT2D eigenvalue weighted by atomic mass is 35.5. The minimum Gasteiger partial charge on any atom is -0.468 e. The number of guanidine groups is 1. The lowest BCUT2D eigenvalue weighted by molar-refractivity contribution is -0.154. The second kappa shape index (κ2) is 8.98. The molecule has 0 spiro atoms. The number of hydrogen-bond acceptors (Lipinski definition) is 3. The van der Waals surface area contributed by atoms with Crippen molar-refractivity contribution in [2.75, 3.05) is 20.7 Å². The van der Waals surface area contributed by atoms with Crippen molar-refractivity contribution < 1.29 is 17.9 Å². The van der Waals surface area contributed by atoms with E-state index in [1.165, 1.54) is 12.3 Å². The lowest BCUT2D eigenvalue weighted by Gasteiger charge is -2.22. The maximum absolute atomic E-state index is 12.2. The lowest BCUT2D eigenvalue weighted by Crippen LogP contribution is -2.38. The molecule has 1 N–H and O–H groups in total. The van der Waals surface area contributed by atoms with Gasteiger partial charge in [-0.3, -0.25) is 4.99 Å². The van der Waals surface area contributed by atoms with E-state index in [0.717, 1.165) is 11.3 Å². The van der Waals surface area contributed by atoms with E-state index < -0.39 is 12.8 Å². The van der Waals surface area contributed by atoms with Crippen LogP contribution in [0.25, 0.3) is 0 Å². The number of nitrogens with one attached hydrogen (secondary N) is 1. The van der Waals surface area contributed by atoms with Crippen LogP contribution in [0.3, 0.4) is 0 Å². The molecule has 0 aliphatic heterocycles. The van der Waals surface area contributed by atoms with Crippen molar-refractivity contribution in [1.82, 2.24) is 19.8 Å². The number of alkyl halides is 3. The molecular weight excluding hydrogens is 383 g/mol. The quantitative estimate of drug-likeness (QED) is 0.594. The SMILES string of the molecule is CN=C(NCc1ccnc(OCC(F)(F)F)c1)N(C)Cc1cc(Cl)cn1C. The second-order valence-corrected chi connectivity index (χ2v) is 6.36. The van der Waals surface area contributed by atoms with E-state index in [4.69, 9.17) is 11.6 Å². The number of ether oxygens (including phenoxy) is 1. The van der Waals surface area contributed by atoms with Crippen molar-refractivity contribution in [3.63, 3.8) is 0 Å². The number of halogens is 4. The van der Waals surface area contributed by atoms with E-state index in [0.29, 0.717) is 24.1 Å². The van der Waals surface area contributed by atoms with Gasteiger partial charge in [0.2, 0.25) is 5.88 Å². The second-order valence-electron chi connectivity index (χ2n) is 5.92. The van der Waals surface area contributed by atoms with Gasteiger partial charge in [0.15, 0.2) is 12.6 Å². The average Bonchev–Trinajstić information content (AvgIpc) is 2.90. The summed E-state index contributed by atoms with van der Waals surface area (Å²) in [5.74, 6) is 0.551. The van der Waals surface area contributed by atoms with Gasteiger partial charge >= 0.3 is 6.18 Å². The number of aromatic nitrogens is 2. The first-order valence-corrected chi connectivity index (χ1v) is 8.42. The molecule has 2 rings (SSSR count). The topological polar surface area (TPSA) is 54.7 Å². The third kappa shape index (κ3) is 6.67. The molecule has 6 nitrogen and oxygen atoms in total. The van der Waals surface area contributed by atoms with Gasteiger partial charge < -0.3 is 19.5 Å². The molecule has 0 atom stereocenters. The van der Waals surface area contributed by atoms with Gasteiger partial charge in [-0.15, -0.1) is 0 Å². The Labute approximate surface area is 160 Å². The third-order valence-electron chi connectivity index (χ3n) is 3.68. The van der Waals surface area contributed by atoms with Crippen molar-refractivity contribution in [2.45, 2.75) is 19.3 Å². The van der Waals surface area contributed by atoms with Crippen LogP contribution in [0.15, 0.2) is 35.6 Å². The van der Waals surface area contributed by atoms with Crippen LogP contribution >= 0.6 is 11.6 Å². The van der Waals surface area contributed by atoms with Gasteiger partial charge in [0.05, 0.1) is 11.6 Å². The molecule has 0 saturated heterocycles. The summed E-state index contributed by atoms with van der Waals surface area (Å²) in [6.45, 7) is -0.435. The zero-order valence-electron chi connectivity index (χ0n) is 15.2. The molecule has 0 aliphatic rings. The summed E-state index contributed by atoms with van der Waals surface area (Å²) in [7, 11) is 5.44. The van der Waals surface area contributed by atoms with Crippen LogP contribution in [0.4, 0.5) is 13.2 Å². The van der Waals surface area contributed by atoms with Gasteiger partial charge in [0.25, 0.3) is 0 Å². The summed E-state index contributed by atoms with van der Waals surface area (Å²) in [4.78, 5) is 9.92. The van der Waals surface area contributed by atoms with Crippen molar-refractivity contribution in [1.29, 1.82) is 0 Å². The third-order valence-corrected chi connectivity index (χ3v) is 3.89. The van der Waals surface area contributed by atoms with Crippen molar-refractivity contribution in [2.24, 2.45) is 12.0 Å². The molecule has 0 fully saturated rings. The van der Waals surface area contributed by atoms with Crippen molar-refractivity contribution in [3.05, 3.63) is 46.9 Å². The van der Waals surface area contributed by atoms with Crippen LogP contribution in [0.1, 0.15) is 11.3 Å². The summed E-state index contributed by atoms with van der Waals surface area (Å²) in [5.41, 5.74) is 1.73. The lowest BCUT2D eigenvalue weighted by atomic mass is 10.2. The normalized spacial score (nSPS) is 12.2. The highest BCUT2D eigenvalue weighted by molar-refractivity contribution is 6.30. The van der Waals surface area contributed by atoms with Crippen LogP contribution in [0.2, 0.25) is 5.02 Å². The fourth-order valence-corrected chi connectivity index (χ4v) is 2.67. The molecule has 0 saturated carbocycles. The van der Waals surface area contributed by atoms with Gasteiger partial charge in [-0.1, -0.05) is 11.6 Å². The Kier molecular flexibility index (Phi) is 6.95. The molecule has 0 amide bonds. The molecule has 0 unspecified atom stereocenters. The number of aryl methyl sites for hydroxylation is 1. The predicted octanol–water partition coefficient (Wildman–Crippen LogP) is 3.22. The molecule has 148 valence electrons. The standard InChI is InChI=1S/C17H21ClF3N5O/c1-22-16(26(3)10-14-7-13(18)9-25(14)2)24-8-12-4-5-23-15(6-12)27-11-17(19,20)21/h4-7,9H,8,10-11H2,1-3H3,(H,22,24). The highest BCUT2D eigenvalue weighted by Crippen LogP contribution is 2.18. The number of rotatable bonds is 6. The summed E-state index contributed by atoms with van der Waals surface area (Å²) >= 11 is 6.00. The van der Waals surface area contributed by atoms with E-state index in [-0.39, 0.29) is 5.88 Å². The Morgan fingerprint density at radius 3 is 2.74 bits per heavy atom. The van der Waals surface area contributed by atoms with Gasteiger partial charge in [0, 0.05) is 51.8 Å².